The lowest BCUT2D eigenvalue weighted by molar-refractivity contribution is -0.118. The van der Waals surface area contributed by atoms with E-state index in [1.165, 1.54) is 16.0 Å². The molecular weight excluding hydrogens is 601 g/mol. The maximum Gasteiger partial charge on any atom is 0.192 e. The van der Waals surface area contributed by atoms with E-state index in [9.17, 15) is 4.79 Å². The molecule has 45 heavy (non-hydrogen) atoms. The Labute approximate surface area is 281 Å². The van der Waals surface area contributed by atoms with Crippen molar-refractivity contribution in [1.82, 2.24) is 0 Å². The van der Waals surface area contributed by atoms with E-state index in [1.54, 1.807) is 0 Å². The van der Waals surface area contributed by atoms with Crippen LogP contribution in [0.5, 0.6) is 0 Å². The van der Waals surface area contributed by atoms with Gasteiger partial charge in [-0.15, -0.1) is 0 Å². The Morgan fingerprint density at radius 3 is 2.07 bits per heavy atom. The molecule has 0 aromatic heterocycles. The van der Waals surface area contributed by atoms with Crippen LogP contribution in [0.15, 0.2) is 53.3 Å². The minimum absolute atomic E-state index is 0.0210. The Hall–Kier alpha value is -1.06. The van der Waals surface area contributed by atoms with E-state index in [0.29, 0.717) is 17.6 Å². The van der Waals surface area contributed by atoms with Gasteiger partial charge in [-0.2, -0.15) is 0 Å². The molecule has 1 unspecified atom stereocenters. The first-order valence-electron chi connectivity index (χ1n) is 17.8. The molecule has 1 aromatic carbocycles. The van der Waals surface area contributed by atoms with Crippen molar-refractivity contribution in [2.24, 2.45) is 23.2 Å². The lowest BCUT2D eigenvalue weighted by Crippen LogP contribution is -2.45. The highest BCUT2D eigenvalue weighted by atomic mass is 28.4. The fourth-order valence-electron chi connectivity index (χ4n) is 7.19. The largest absolute Gasteiger partial charge is 0.417 e. The Morgan fingerprint density at radius 1 is 0.956 bits per heavy atom. The van der Waals surface area contributed by atoms with Gasteiger partial charge in [0.1, 0.15) is 8.07 Å². The van der Waals surface area contributed by atoms with Gasteiger partial charge in [0.2, 0.25) is 0 Å². The Balaban J connectivity index is 1.93. The summed E-state index contributed by atoms with van der Waals surface area (Å²) < 4.78 is 13.8. The second-order valence-corrected chi connectivity index (χ2v) is 32.5. The van der Waals surface area contributed by atoms with Crippen molar-refractivity contribution in [3.05, 3.63) is 53.3 Å². The standard InChI is InChI=1S/C39H68O3Si3/c1-29(2)33-28-36(42-45(14,15)38(6,7)8)34-27-35(40)30(23-25-39(33,34)9)21-22-32(24-26-41-44(12,13)37(3,4)5)43(10,11)31-19-17-16-18-20-31/h16-20,22,27,29-30,33,36H,21,23-26,28H2,1-15H3/b32-22+/t30?,33-,36+,39-/m1/s1. The summed E-state index contributed by atoms with van der Waals surface area (Å²) in [5.41, 5.74) is 1.32. The monoisotopic (exact) mass is 668 g/mol. The number of hydrogen-bond donors (Lipinski definition) is 0. The Kier molecular flexibility index (Phi) is 11.8. The zero-order valence-electron chi connectivity index (χ0n) is 31.8. The van der Waals surface area contributed by atoms with E-state index >= 15 is 0 Å². The number of ketones is 1. The summed E-state index contributed by atoms with van der Waals surface area (Å²) in [7, 11) is -5.76. The van der Waals surface area contributed by atoms with Gasteiger partial charge in [0.15, 0.2) is 22.4 Å². The summed E-state index contributed by atoms with van der Waals surface area (Å²) in [6, 6.07) is 11.0. The van der Waals surface area contributed by atoms with E-state index in [2.05, 4.69) is 144 Å². The van der Waals surface area contributed by atoms with E-state index < -0.39 is 24.7 Å². The Bertz CT molecular complexity index is 1230. The normalized spacial score (nSPS) is 25.8. The number of fused-ring (bicyclic) bond motifs is 1. The molecule has 0 radical (unpaired) electrons. The number of carbonyl (C=O) groups is 1. The first-order valence-corrected chi connectivity index (χ1v) is 26.6. The summed E-state index contributed by atoms with van der Waals surface area (Å²) >= 11 is 0. The third kappa shape index (κ3) is 8.51. The second kappa shape index (κ2) is 13.8. The molecule has 2 aliphatic rings. The van der Waals surface area contributed by atoms with E-state index in [0.717, 1.165) is 38.7 Å². The molecule has 254 valence electrons. The number of benzene rings is 1. The number of carbonyl (C=O) groups excluding carboxylic acids is 1. The van der Waals surface area contributed by atoms with Crippen LogP contribution < -0.4 is 5.19 Å². The molecular formula is C39H68O3Si3. The van der Waals surface area contributed by atoms with Gasteiger partial charge >= 0.3 is 0 Å². The predicted octanol–water partition coefficient (Wildman–Crippen LogP) is 10.8. The fourth-order valence-corrected chi connectivity index (χ4v) is 12.3. The molecule has 0 saturated heterocycles. The lowest BCUT2D eigenvalue weighted by Gasteiger charge is -2.39. The number of rotatable bonds is 11. The van der Waals surface area contributed by atoms with Crippen molar-refractivity contribution < 1.29 is 13.6 Å². The zero-order valence-corrected chi connectivity index (χ0v) is 34.8. The van der Waals surface area contributed by atoms with E-state index in [4.69, 9.17) is 8.85 Å². The highest BCUT2D eigenvalue weighted by Crippen LogP contribution is 2.57. The summed E-state index contributed by atoms with van der Waals surface area (Å²) in [5, 5.41) is 3.30. The summed E-state index contributed by atoms with van der Waals surface area (Å²) in [6.45, 7) is 36.2. The molecule has 0 heterocycles. The van der Waals surface area contributed by atoms with Gasteiger partial charge in [0.25, 0.3) is 0 Å². The van der Waals surface area contributed by atoms with Gasteiger partial charge in [-0.3, -0.25) is 4.79 Å². The molecule has 1 fully saturated rings. The van der Waals surface area contributed by atoms with Crippen LogP contribution in [0.4, 0.5) is 0 Å². The number of hydrogen-bond acceptors (Lipinski definition) is 3. The molecule has 2 aliphatic carbocycles. The summed E-state index contributed by atoms with van der Waals surface area (Å²) in [6.07, 6.45) is 9.42. The molecule has 0 spiro atoms. The summed E-state index contributed by atoms with van der Waals surface area (Å²) in [4.78, 5) is 14.1. The average molecular weight is 669 g/mol. The SMILES string of the molecule is CC(C)[C@H]1C[C@H](O[Si](C)(C)C(C)(C)C)C2=CC(=O)C(C/C=C(\CCO[Si](C)(C)C(C)(C)C)[Si](C)(C)c3ccccc3)CC[C@@]21C. The molecule has 0 aliphatic heterocycles. The number of allylic oxidation sites excluding steroid dienone is 2. The highest BCUT2D eigenvalue weighted by molar-refractivity contribution is 6.95. The van der Waals surface area contributed by atoms with Gasteiger partial charge < -0.3 is 8.85 Å². The molecule has 4 atom stereocenters. The average Bonchev–Trinajstić information content (AvgIpc) is 3.09. The van der Waals surface area contributed by atoms with Gasteiger partial charge in [-0.1, -0.05) is 122 Å². The van der Waals surface area contributed by atoms with Gasteiger partial charge in [-0.25, -0.2) is 0 Å². The zero-order chi connectivity index (χ0) is 34.2. The summed E-state index contributed by atoms with van der Waals surface area (Å²) in [5.74, 6) is 1.43. The molecule has 0 bridgehead atoms. The fraction of sp³-hybridized carbons (Fsp3) is 0.718. The second-order valence-electron chi connectivity index (χ2n) is 18.4. The van der Waals surface area contributed by atoms with Crippen LogP contribution in [0.3, 0.4) is 0 Å². The van der Waals surface area contributed by atoms with Crippen LogP contribution in [0, 0.1) is 23.2 Å². The van der Waals surface area contributed by atoms with E-state index in [-0.39, 0.29) is 27.5 Å². The van der Waals surface area contributed by atoms with Crippen molar-refractivity contribution in [3.8, 4) is 0 Å². The third-order valence-electron chi connectivity index (χ3n) is 12.6. The smallest absolute Gasteiger partial charge is 0.192 e. The van der Waals surface area contributed by atoms with E-state index in [1.807, 2.05) is 0 Å². The quantitative estimate of drug-likeness (QED) is 0.220. The van der Waals surface area contributed by atoms with Gasteiger partial charge in [0.05, 0.1) is 6.10 Å². The maximum absolute atomic E-state index is 14.1. The predicted molar refractivity (Wildman–Crippen MR) is 203 cm³/mol. The third-order valence-corrected chi connectivity index (χ3v) is 25.5. The lowest BCUT2D eigenvalue weighted by atomic mass is 9.69. The molecule has 1 aromatic rings. The van der Waals surface area contributed by atoms with Gasteiger partial charge in [-0.05, 0) is 97.3 Å². The molecule has 0 N–H and O–H groups in total. The molecule has 3 rings (SSSR count). The first kappa shape index (κ1) is 38.4. The first-order chi connectivity index (χ1) is 20.4. The van der Waals surface area contributed by atoms with Gasteiger partial charge in [0, 0.05) is 12.5 Å². The Morgan fingerprint density at radius 2 is 1.53 bits per heavy atom. The van der Waals surface area contributed by atoms with Crippen molar-refractivity contribution in [1.29, 1.82) is 0 Å². The molecule has 3 nitrogen and oxygen atoms in total. The molecule has 0 amide bonds. The topological polar surface area (TPSA) is 35.5 Å². The van der Waals surface area contributed by atoms with Crippen LogP contribution in [0.1, 0.15) is 94.4 Å². The minimum Gasteiger partial charge on any atom is -0.417 e. The van der Waals surface area contributed by atoms with Crippen LogP contribution in [-0.4, -0.2) is 43.2 Å². The van der Waals surface area contributed by atoms with Crippen molar-refractivity contribution >= 4 is 35.7 Å². The van der Waals surface area contributed by atoms with Crippen LogP contribution >= 0.6 is 0 Å². The maximum atomic E-state index is 14.1. The van der Waals surface area contributed by atoms with Crippen molar-refractivity contribution in [2.75, 3.05) is 6.61 Å². The minimum atomic E-state index is -1.99. The van der Waals surface area contributed by atoms with Crippen LogP contribution in [-0.2, 0) is 13.6 Å². The van der Waals surface area contributed by atoms with Crippen molar-refractivity contribution in [3.63, 3.8) is 0 Å². The molecule has 6 heteroatoms. The van der Waals surface area contributed by atoms with Crippen LogP contribution in [0.25, 0.3) is 0 Å². The highest BCUT2D eigenvalue weighted by Gasteiger charge is 2.53. The van der Waals surface area contributed by atoms with Crippen LogP contribution in [0.2, 0.25) is 49.4 Å². The van der Waals surface area contributed by atoms with Crippen molar-refractivity contribution in [2.45, 2.75) is 150 Å². The molecule has 1 saturated carbocycles.